The zero-order valence-electron chi connectivity index (χ0n) is 21.5. The van der Waals surface area contributed by atoms with Gasteiger partial charge in [-0.3, -0.25) is 18.5 Å². The standard InChI is InChI=1S/C29H28N6O3/c1-20-9-11-22(12-10-20)18-35-25-26(33(2)29(37)34(3)27(25)36)31-28(35)32-30-17-21-13-15-24(16-14-21)38-19-23-7-5-4-6-8-23/h4-17H,18-19H2,1-3H3,(H,31,32)/b30-17-. The third kappa shape index (κ3) is 5.12. The number of rotatable bonds is 8. The summed E-state index contributed by atoms with van der Waals surface area (Å²) in [5.41, 5.74) is 6.82. The molecule has 0 bridgehead atoms. The van der Waals surface area contributed by atoms with E-state index in [1.807, 2.05) is 85.8 Å². The maximum Gasteiger partial charge on any atom is 0.332 e. The van der Waals surface area contributed by atoms with Gasteiger partial charge in [-0.25, -0.2) is 10.2 Å². The van der Waals surface area contributed by atoms with E-state index in [1.54, 1.807) is 17.8 Å². The van der Waals surface area contributed by atoms with E-state index < -0.39 is 11.2 Å². The van der Waals surface area contributed by atoms with Crippen molar-refractivity contribution >= 4 is 23.3 Å². The molecule has 0 atom stereocenters. The number of benzene rings is 3. The van der Waals surface area contributed by atoms with Gasteiger partial charge in [-0.15, -0.1) is 0 Å². The van der Waals surface area contributed by atoms with Crippen LogP contribution in [0.3, 0.4) is 0 Å². The highest BCUT2D eigenvalue weighted by atomic mass is 16.5. The first-order valence-electron chi connectivity index (χ1n) is 12.2. The Labute approximate surface area is 219 Å². The van der Waals surface area contributed by atoms with Crippen molar-refractivity contribution in [2.75, 3.05) is 5.43 Å². The number of nitrogens with one attached hydrogen (secondary N) is 1. The molecule has 38 heavy (non-hydrogen) atoms. The molecule has 9 nitrogen and oxygen atoms in total. The van der Waals surface area contributed by atoms with Crippen LogP contribution in [0.2, 0.25) is 0 Å². The Morgan fingerprint density at radius 1 is 0.895 bits per heavy atom. The van der Waals surface area contributed by atoms with Crippen molar-refractivity contribution in [2.24, 2.45) is 19.2 Å². The van der Waals surface area contributed by atoms with Crippen LogP contribution in [0, 0.1) is 6.92 Å². The fourth-order valence-corrected chi connectivity index (χ4v) is 4.12. The van der Waals surface area contributed by atoms with Crippen LogP contribution in [0.15, 0.2) is 93.6 Å². The van der Waals surface area contributed by atoms with Gasteiger partial charge in [0.25, 0.3) is 5.56 Å². The molecular weight excluding hydrogens is 480 g/mol. The van der Waals surface area contributed by atoms with Gasteiger partial charge in [-0.1, -0.05) is 60.2 Å². The molecule has 0 saturated carbocycles. The maximum atomic E-state index is 13.1. The number of hydrogen-bond donors (Lipinski definition) is 1. The van der Waals surface area contributed by atoms with Crippen LogP contribution < -0.4 is 21.4 Å². The third-order valence-electron chi connectivity index (χ3n) is 6.32. The Kier molecular flexibility index (Phi) is 6.90. The number of aryl methyl sites for hydroxylation is 2. The number of nitrogens with zero attached hydrogens (tertiary/aromatic N) is 5. The molecule has 3 aromatic carbocycles. The third-order valence-corrected chi connectivity index (χ3v) is 6.32. The SMILES string of the molecule is Cc1ccc(Cn2c(N/N=C\c3ccc(OCc4ccccc4)cc3)nc3c2c(=O)n(C)c(=O)n3C)cc1. The predicted octanol–water partition coefficient (Wildman–Crippen LogP) is 3.82. The van der Waals surface area contributed by atoms with E-state index in [0.29, 0.717) is 30.3 Å². The molecule has 0 spiro atoms. The molecule has 192 valence electrons. The molecule has 0 fully saturated rings. The molecule has 2 heterocycles. The molecule has 5 rings (SSSR count). The van der Waals surface area contributed by atoms with Gasteiger partial charge < -0.3 is 4.74 Å². The van der Waals surface area contributed by atoms with Crippen LogP contribution in [0.5, 0.6) is 5.75 Å². The van der Waals surface area contributed by atoms with Crippen LogP contribution in [0.25, 0.3) is 11.2 Å². The van der Waals surface area contributed by atoms with Crippen LogP contribution in [0.4, 0.5) is 5.95 Å². The minimum Gasteiger partial charge on any atom is -0.489 e. The lowest BCUT2D eigenvalue weighted by atomic mass is 10.1. The highest BCUT2D eigenvalue weighted by Crippen LogP contribution is 2.19. The van der Waals surface area contributed by atoms with Gasteiger partial charge in [0.15, 0.2) is 11.2 Å². The number of anilines is 1. The molecule has 0 saturated heterocycles. The van der Waals surface area contributed by atoms with Gasteiger partial charge >= 0.3 is 5.69 Å². The van der Waals surface area contributed by atoms with E-state index in [0.717, 1.165) is 32.6 Å². The second kappa shape index (κ2) is 10.6. The van der Waals surface area contributed by atoms with Gasteiger partial charge in [0.2, 0.25) is 5.95 Å². The second-order valence-corrected chi connectivity index (χ2v) is 9.10. The molecule has 1 N–H and O–H groups in total. The van der Waals surface area contributed by atoms with Crippen LogP contribution in [-0.4, -0.2) is 24.9 Å². The fraction of sp³-hybridized carbons (Fsp3) is 0.172. The summed E-state index contributed by atoms with van der Waals surface area (Å²) in [5.74, 6) is 1.12. The van der Waals surface area contributed by atoms with Gasteiger partial charge in [-0.2, -0.15) is 10.1 Å². The lowest BCUT2D eigenvalue weighted by Gasteiger charge is -2.09. The van der Waals surface area contributed by atoms with Gasteiger partial charge in [0.05, 0.1) is 12.8 Å². The summed E-state index contributed by atoms with van der Waals surface area (Å²) in [6.07, 6.45) is 1.66. The zero-order valence-corrected chi connectivity index (χ0v) is 21.5. The minimum absolute atomic E-state index is 0.294. The molecule has 9 heteroatoms. The second-order valence-electron chi connectivity index (χ2n) is 9.10. The molecular formula is C29H28N6O3. The number of imidazole rings is 1. The topological polar surface area (TPSA) is 95.4 Å². The summed E-state index contributed by atoms with van der Waals surface area (Å²) < 4.78 is 10.0. The van der Waals surface area contributed by atoms with E-state index in [2.05, 4.69) is 15.5 Å². The average molecular weight is 509 g/mol. The van der Waals surface area contributed by atoms with Gasteiger partial charge in [-0.05, 0) is 47.9 Å². The molecule has 0 unspecified atom stereocenters. The van der Waals surface area contributed by atoms with Crippen LogP contribution in [0.1, 0.15) is 22.3 Å². The summed E-state index contributed by atoms with van der Waals surface area (Å²) in [5, 5.41) is 4.36. The molecule has 2 aromatic heterocycles. The summed E-state index contributed by atoms with van der Waals surface area (Å²) >= 11 is 0. The van der Waals surface area contributed by atoms with Crippen molar-refractivity contribution in [3.05, 3.63) is 122 Å². The first-order chi connectivity index (χ1) is 18.4. The first-order valence-corrected chi connectivity index (χ1v) is 12.2. The highest BCUT2D eigenvalue weighted by molar-refractivity contribution is 5.80. The van der Waals surface area contributed by atoms with Gasteiger partial charge in [0, 0.05) is 14.1 Å². The number of fused-ring (bicyclic) bond motifs is 1. The van der Waals surface area contributed by atoms with Gasteiger partial charge in [0.1, 0.15) is 12.4 Å². The summed E-state index contributed by atoms with van der Waals surface area (Å²) in [6, 6.07) is 25.6. The van der Waals surface area contributed by atoms with Crippen LogP contribution >= 0.6 is 0 Å². The van der Waals surface area contributed by atoms with E-state index in [1.165, 1.54) is 11.6 Å². The smallest absolute Gasteiger partial charge is 0.332 e. The Bertz CT molecular complexity index is 1710. The predicted molar refractivity (Wildman–Crippen MR) is 149 cm³/mol. The molecule has 0 aliphatic heterocycles. The van der Waals surface area contributed by atoms with Crippen molar-refractivity contribution < 1.29 is 4.74 Å². The van der Waals surface area contributed by atoms with Crippen molar-refractivity contribution in [2.45, 2.75) is 20.1 Å². The minimum atomic E-state index is -0.438. The Hall–Kier alpha value is -4.92. The van der Waals surface area contributed by atoms with Crippen molar-refractivity contribution in [3.8, 4) is 5.75 Å². The monoisotopic (exact) mass is 508 g/mol. The lowest BCUT2D eigenvalue weighted by molar-refractivity contribution is 0.306. The van der Waals surface area contributed by atoms with Crippen molar-refractivity contribution in [1.82, 2.24) is 18.7 Å². The number of ether oxygens (including phenoxy) is 1. The lowest BCUT2D eigenvalue weighted by Crippen LogP contribution is -2.37. The quantitative estimate of drug-likeness (QED) is 0.254. The maximum absolute atomic E-state index is 13.1. The molecule has 0 amide bonds. The molecule has 0 aliphatic carbocycles. The molecule has 5 aromatic rings. The van der Waals surface area contributed by atoms with Crippen molar-refractivity contribution in [3.63, 3.8) is 0 Å². The number of hydrazone groups is 1. The average Bonchev–Trinajstić information content (AvgIpc) is 3.30. The van der Waals surface area contributed by atoms with E-state index in [-0.39, 0.29) is 0 Å². The Morgan fingerprint density at radius 2 is 1.61 bits per heavy atom. The van der Waals surface area contributed by atoms with E-state index >= 15 is 0 Å². The fourth-order valence-electron chi connectivity index (χ4n) is 4.12. The van der Waals surface area contributed by atoms with Crippen LogP contribution in [-0.2, 0) is 27.2 Å². The largest absolute Gasteiger partial charge is 0.489 e. The summed E-state index contributed by atoms with van der Waals surface area (Å²) in [6.45, 7) is 2.90. The zero-order chi connectivity index (χ0) is 26.6. The Morgan fingerprint density at radius 3 is 2.32 bits per heavy atom. The summed E-state index contributed by atoms with van der Waals surface area (Å²) in [7, 11) is 3.06. The number of aromatic nitrogens is 4. The van der Waals surface area contributed by atoms with E-state index in [4.69, 9.17) is 4.74 Å². The molecule has 0 radical (unpaired) electrons. The number of hydrogen-bond acceptors (Lipinski definition) is 6. The summed E-state index contributed by atoms with van der Waals surface area (Å²) in [4.78, 5) is 30.1. The Balaban J connectivity index is 1.39. The van der Waals surface area contributed by atoms with Crippen molar-refractivity contribution in [1.29, 1.82) is 0 Å². The van der Waals surface area contributed by atoms with E-state index in [9.17, 15) is 9.59 Å². The first kappa shape index (κ1) is 24.8. The molecule has 0 aliphatic rings. The normalized spacial score (nSPS) is 11.3. The highest BCUT2D eigenvalue weighted by Gasteiger charge is 2.19.